The van der Waals surface area contributed by atoms with Crippen LogP contribution in [-0.4, -0.2) is 56.8 Å². The highest BCUT2D eigenvalue weighted by Crippen LogP contribution is 2.31. The van der Waals surface area contributed by atoms with Crippen molar-refractivity contribution in [2.45, 2.75) is 37.0 Å². The maximum Gasteiger partial charge on any atom is 0.261 e. The Bertz CT molecular complexity index is 1440. The van der Waals surface area contributed by atoms with Gasteiger partial charge in [0.25, 0.3) is 15.9 Å². The molecule has 2 saturated heterocycles. The van der Waals surface area contributed by atoms with Gasteiger partial charge in [0.1, 0.15) is 11.5 Å². The molecule has 2 fully saturated rings. The monoisotopic (exact) mass is 601 g/mol. The smallest absolute Gasteiger partial charge is 0.261 e. The van der Waals surface area contributed by atoms with E-state index in [-0.39, 0.29) is 22.1 Å². The zero-order chi connectivity index (χ0) is 28.1. The van der Waals surface area contributed by atoms with Crippen LogP contribution in [0.25, 0.3) is 0 Å². The number of ether oxygens (including phenoxy) is 1. The van der Waals surface area contributed by atoms with Gasteiger partial charge in [-0.2, -0.15) is 0 Å². The molecule has 0 unspecified atom stereocenters. The number of sulfonamides is 1. The molecule has 0 radical (unpaired) electrons. The summed E-state index contributed by atoms with van der Waals surface area (Å²) in [7, 11) is -3.99. The topological polar surface area (TPSA) is 78.9 Å². The Morgan fingerprint density at radius 3 is 2.33 bits per heavy atom. The van der Waals surface area contributed by atoms with Gasteiger partial charge < -0.3 is 14.5 Å². The lowest BCUT2D eigenvalue weighted by Crippen LogP contribution is -2.39. The van der Waals surface area contributed by atoms with Gasteiger partial charge in [-0.1, -0.05) is 35.3 Å². The van der Waals surface area contributed by atoms with E-state index >= 15 is 0 Å². The highest BCUT2D eigenvalue weighted by molar-refractivity contribution is 7.92. The fourth-order valence-corrected chi connectivity index (χ4v) is 6.72. The van der Waals surface area contributed by atoms with Crippen LogP contribution in [0.5, 0.6) is 11.5 Å². The fourth-order valence-electron chi connectivity index (χ4n) is 5.29. The minimum atomic E-state index is -3.99. The van der Waals surface area contributed by atoms with Crippen molar-refractivity contribution in [3.8, 4) is 11.5 Å². The molecule has 7 nitrogen and oxygen atoms in total. The molecule has 5 rings (SSSR count). The lowest BCUT2D eigenvalue weighted by atomic mass is 9.93. The van der Waals surface area contributed by atoms with Crippen molar-refractivity contribution in [3.05, 3.63) is 82.3 Å². The number of hydrogen-bond donors (Lipinski definition) is 1. The number of carbonyl (C=O) groups is 1. The molecule has 0 bridgehead atoms. The second kappa shape index (κ2) is 12.8. The molecule has 2 heterocycles. The summed E-state index contributed by atoms with van der Waals surface area (Å²) in [6.45, 7) is 4.83. The number of nitrogens with zero attached hydrogens (tertiary/aromatic N) is 2. The number of anilines is 1. The number of rotatable bonds is 9. The first kappa shape index (κ1) is 28.7. The van der Waals surface area contributed by atoms with Crippen LogP contribution in [0.1, 0.15) is 42.5 Å². The number of carbonyl (C=O) groups excluding carboxylic acids is 1. The molecule has 0 saturated carbocycles. The molecule has 0 aliphatic carbocycles. The molecule has 0 spiro atoms. The summed E-state index contributed by atoms with van der Waals surface area (Å²) in [4.78, 5) is 17.9. The van der Waals surface area contributed by atoms with E-state index in [1.165, 1.54) is 50.2 Å². The Kier molecular flexibility index (Phi) is 9.20. The maximum absolute atomic E-state index is 13.5. The Balaban J connectivity index is 1.24. The van der Waals surface area contributed by atoms with E-state index in [4.69, 9.17) is 27.9 Å². The summed E-state index contributed by atoms with van der Waals surface area (Å²) in [6, 6.07) is 17.7. The zero-order valence-corrected chi connectivity index (χ0v) is 24.5. The van der Waals surface area contributed by atoms with Gasteiger partial charge in [0, 0.05) is 18.1 Å². The van der Waals surface area contributed by atoms with Crippen molar-refractivity contribution in [3.63, 3.8) is 0 Å². The summed E-state index contributed by atoms with van der Waals surface area (Å²) in [5, 5.41) is 0.819. The fraction of sp³-hybridized carbons (Fsp3) is 0.367. The highest BCUT2D eigenvalue weighted by Gasteiger charge is 2.27. The first-order chi connectivity index (χ1) is 19.3. The third kappa shape index (κ3) is 7.10. The van der Waals surface area contributed by atoms with Crippen LogP contribution >= 0.6 is 23.2 Å². The Morgan fingerprint density at radius 2 is 1.62 bits per heavy atom. The van der Waals surface area contributed by atoms with Crippen LogP contribution in [0.3, 0.4) is 0 Å². The number of likely N-dealkylation sites (tertiary alicyclic amines) is 2. The van der Waals surface area contributed by atoms with Gasteiger partial charge in [-0.3, -0.25) is 9.52 Å². The minimum Gasteiger partial charge on any atom is -0.456 e. The molecule has 212 valence electrons. The molecule has 0 aromatic heterocycles. The summed E-state index contributed by atoms with van der Waals surface area (Å²) < 4.78 is 34.8. The second-order valence-corrected chi connectivity index (χ2v) is 12.9. The molecule has 2 aliphatic rings. The average Bonchev–Trinajstić information content (AvgIpc) is 3.48. The zero-order valence-electron chi connectivity index (χ0n) is 22.2. The van der Waals surface area contributed by atoms with E-state index in [2.05, 4.69) is 9.62 Å². The van der Waals surface area contributed by atoms with Crippen molar-refractivity contribution >= 4 is 44.8 Å². The van der Waals surface area contributed by atoms with Crippen LogP contribution in [0, 0.1) is 5.92 Å². The van der Waals surface area contributed by atoms with Crippen molar-refractivity contribution in [2.75, 3.05) is 37.4 Å². The van der Waals surface area contributed by atoms with Gasteiger partial charge in [0.15, 0.2) is 0 Å². The number of hydrogen-bond acceptors (Lipinski definition) is 5. The average molecular weight is 603 g/mol. The molecule has 40 heavy (non-hydrogen) atoms. The lowest BCUT2D eigenvalue weighted by Gasteiger charge is -2.33. The number of halogens is 2. The summed E-state index contributed by atoms with van der Waals surface area (Å²) >= 11 is 12.4. The predicted molar refractivity (Wildman–Crippen MR) is 159 cm³/mol. The van der Waals surface area contributed by atoms with Gasteiger partial charge in [-0.25, -0.2) is 8.42 Å². The highest BCUT2D eigenvalue weighted by atomic mass is 35.5. The molecule has 10 heteroatoms. The number of para-hydroxylation sites is 1. The molecule has 3 aromatic rings. The SMILES string of the molecule is O=C(c1cc(Cl)ccc1NS(=O)(=O)c1ccc(Oc2ccccc2Cl)cc1)N1CCC(CCN2CCCC2)CC1. The van der Waals surface area contributed by atoms with Crippen molar-refractivity contribution < 1.29 is 17.9 Å². The summed E-state index contributed by atoms with van der Waals surface area (Å²) in [5.41, 5.74) is 0.437. The van der Waals surface area contributed by atoms with Crippen molar-refractivity contribution in [2.24, 2.45) is 5.92 Å². The quantitative estimate of drug-likeness (QED) is 0.288. The van der Waals surface area contributed by atoms with E-state index in [9.17, 15) is 13.2 Å². The summed E-state index contributed by atoms with van der Waals surface area (Å²) in [6.07, 6.45) is 5.64. The van der Waals surface area contributed by atoms with Gasteiger partial charge in [-0.05, 0) is 112 Å². The van der Waals surface area contributed by atoms with Crippen LogP contribution in [-0.2, 0) is 10.0 Å². The van der Waals surface area contributed by atoms with E-state index in [0.717, 1.165) is 25.8 Å². The van der Waals surface area contributed by atoms with Gasteiger partial charge in [-0.15, -0.1) is 0 Å². The lowest BCUT2D eigenvalue weighted by molar-refractivity contribution is 0.0683. The molecule has 2 aliphatic heterocycles. The largest absolute Gasteiger partial charge is 0.456 e. The number of piperidine rings is 1. The van der Waals surface area contributed by atoms with Gasteiger partial charge >= 0.3 is 0 Å². The Labute approximate surface area is 246 Å². The third-order valence-corrected chi connectivity index (χ3v) is 9.54. The van der Waals surface area contributed by atoms with E-state index in [1.54, 1.807) is 47.4 Å². The first-order valence-electron chi connectivity index (χ1n) is 13.6. The third-order valence-electron chi connectivity index (χ3n) is 7.61. The van der Waals surface area contributed by atoms with Crippen LogP contribution in [0.2, 0.25) is 10.0 Å². The van der Waals surface area contributed by atoms with Crippen LogP contribution in [0.15, 0.2) is 71.6 Å². The van der Waals surface area contributed by atoms with E-state index < -0.39 is 10.0 Å². The van der Waals surface area contributed by atoms with E-state index in [0.29, 0.717) is 40.6 Å². The molecular weight excluding hydrogens is 569 g/mol. The Hall–Kier alpha value is -2.78. The maximum atomic E-state index is 13.5. The molecule has 3 aromatic carbocycles. The number of nitrogens with one attached hydrogen (secondary N) is 1. The van der Waals surface area contributed by atoms with Gasteiger partial charge in [0.2, 0.25) is 0 Å². The normalized spacial score (nSPS) is 16.7. The summed E-state index contributed by atoms with van der Waals surface area (Å²) in [5.74, 6) is 1.30. The molecule has 1 N–H and O–H groups in total. The van der Waals surface area contributed by atoms with Crippen LogP contribution < -0.4 is 9.46 Å². The molecule has 1 amide bonds. The van der Waals surface area contributed by atoms with Crippen LogP contribution in [0.4, 0.5) is 5.69 Å². The first-order valence-corrected chi connectivity index (χ1v) is 15.9. The predicted octanol–water partition coefficient (Wildman–Crippen LogP) is 6.92. The number of benzene rings is 3. The minimum absolute atomic E-state index is 0.0335. The molecular formula is C30H33Cl2N3O4S. The molecule has 0 atom stereocenters. The van der Waals surface area contributed by atoms with Crippen molar-refractivity contribution in [1.29, 1.82) is 0 Å². The van der Waals surface area contributed by atoms with Gasteiger partial charge in [0.05, 0.1) is 21.2 Å². The second-order valence-electron chi connectivity index (χ2n) is 10.4. The Morgan fingerprint density at radius 1 is 0.925 bits per heavy atom. The van der Waals surface area contributed by atoms with E-state index in [1.807, 2.05) is 0 Å². The number of amides is 1. The standard InChI is InChI=1S/C30H33Cl2N3O4S/c31-23-7-12-28(26(21-23)30(36)35-19-14-22(15-20-35)13-18-34-16-3-4-17-34)33-40(37,38)25-10-8-24(9-11-25)39-29-6-2-1-5-27(29)32/h1-2,5-12,21-22,33H,3-4,13-20H2. The van der Waals surface area contributed by atoms with Crippen molar-refractivity contribution in [1.82, 2.24) is 9.80 Å².